The zero-order valence-corrected chi connectivity index (χ0v) is 12.5. The van der Waals surface area contributed by atoms with Crippen LogP contribution in [-0.2, 0) is 0 Å². The number of rotatable bonds is 2. The van der Waals surface area contributed by atoms with Crippen molar-refractivity contribution in [3.05, 3.63) is 57.5 Å². The van der Waals surface area contributed by atoms with Crippen LogP contribution in [0.3, 0.4) is 0 Å². The highest BCUT2D eigenvalue weighted by atomic mass is 79.9. The van der Waals surface area contributed by atoms with E-state index in [1.807, 2.05) is 25.1 Å². The first-order chi connectivity index (χ1) is 9.04. The van der Waals surface area contributed by atoms with Gasteiger partial charge in [-0.25, -0.2) is 4.79 Å². The molecule has 2 rings (SSSR count). The number of hydrogen-bond donors (Lipinski definition) is 2. The Labute approximate surface area is 125 Å². The number of benzene rings is 2. The van der Waals surface area contributed by atoms with Crippen LogP contribution in [0.4, 0.5) is 16.2 Å². The fraction of sp³-hybridized carbons (Fsp3) is 0.0714. The minimum Gasteiger partial charge on any atom is -0.308 e. The summed E-state index contributed by atoms with van der Waals surface area (Å²) in [4.78, 5) is 11.8. The van der Waals surface area contributed by atoms with E-state index < -0.39 is 0 Å². The molecule has 2 aromatic rings. The fourth-order valence-electron chi connectivity index (χ4n) is 1.50. The molecule has 19 heavy (non-hydrogen) atoms. The molecule has 98 valence electrons. The smallest absolute Gasteiger partial charge is 0.308 e. The number of urea groups is 1. The summed E-state index contributed by atoms with van der Waals surface area (Å²) in [6.45, 7) is 1.99. The van der Waals surface area contributed by atoms with Crippen molar-refractivity contribution >= 4 is 44.9 Å². The summed E-state index contributed by atoms with van der Waals surface area (Å²) in [6, 6.07) is 12.3. The highest BCUT2D eigenvalue weighted by molar-refractivity contribution is 9.10. The first kappa shape index (κ1) is 13.9. The maximum Gasteiger partial charge on any atom is 0.323 e. The average Bonchev–Trinajstić information content (AvgIpc) is 2.37. The summed E-state index contributed by atoms with van der Waals surface area (Å²) in [5.41, 5.74) is 2.53. The molecule has 0 aromatic heterocycles. The molecule has 2 N–H and O–H groups in total. The van der Waals surface area contributed by atoms with E-state index >= 15 is 0 Å². The van der Waals surface area contributed by atoms with E-state index in [0.29, 0.717) is 10.7 Å². The average molecular weight is 340 g/mol. The SMILES string of the molecule is Cc1ccc(NC(=O)Nc2ccc(Cl)cc2)cc1Br. The van der Waals surface area contributed by atoms with Gasteiger partial charge in [0.15, 0.2) is 0 Å². The summed E-state index contributed by atoms with van der Waals surface area (Å²) in [5, 5.41) is 6.12. The van der Waals surface area contributed by atoms with E-state index in [4.69, 9.17) is 11.6 Å². The predicted octanol–water partition coefficient (Wildman–Crippen LogP) is 5.05. The molecule has 0 aliphatic heterocycles. The molecule has 0 saturated heterocycles. The number of aryl methyl sites for hydroxylation is 1. The van der Waals surface area contributed by atoms with Gasteiger partial charge in [0, 0.05) is 20.9 Å². The van der Waals surface area contributed by atoms with E-state index in [9.17, 15) is 4.79 Å². The van der Waals surface area contributed by atoms with Crippen molar-refractivity contribution in [2.45, 2.75) is 6.92 Å². The lowest BCUT2D eigenvalue weighted by Gasteiger charge is -2.08. The van der Waals surface area contributed by atoms with E-state index in [0.717, 1.165) is 15.7 Å². The Bertz CT molecular complexity index is 599. The van der Waals surface area contributed by atoms with Crippen LogP contribution in [0.1, 0.15) is 5.56 Å². The number of carbonyl (C=O) groups excluding carboxylic acids is 1. The third-order valence-corrected chi connectivity index (χ3v) is 3.64. The summed E-state index contributed by atoms with van der Waals surface area (Å²) < 4.78 is 0.955. The van der Waals surface area contributed by atoms with E-state index in [-0.39, 0.29) is 6.03 Å². The molecule has 0 fully saturated rings. The Morgan fingerprint density at radius 2 is 1.63 bits per heavy atom. The van der Waals surface area contributed by atoms with Crippen LogP contribution >= 0.6 is 27.5 Å². The Kier molecular flexibility index (Phi) is 4.45. The molecule has 2 amide bonds. The molecule has 5 heteroatoms. The molecule has 0 aliphatic rings. The minimum absolute atomic E-state index is 0.293. The van der Waals surface area contributed by atoms with Crippen molar-refractivity contribution in [1.82, 2.24) is 0 Å². The Morgan fingerprint density at radius 3 is 2.26 bits per heavy atom. The monoisotopic (exact) mass is 338 g/mol. The van der Waals surface area contributed by atoms with Crippen molar-refractivity contribution in [2.24, 2.45) is 0 Å². The second kappa shape index (κ2) is 6.08. The van der Waals surface area contributed by atoms with Gasteiger partial charge in [-0.05, 0) is 48.9 Å². The number of halogens is 2. The molecular weight excluding hydrogens is 328 g/mol. The molecule has 0 spiro atoms. The quantitative estimate of drug-likeness (QED) is 0.789. The van der Waals surface area contributed by atoms with Gasteiger partial charge in [-0.3, -0.25) is 0 Å². The van der Waals surface area contributed by atoms with E-state index in [2.05, 4.69) is 26.6 Å². The van der Waals surface area contributed by atoms with E-state index in [1.54, 1.807) is 24.3 Å². The summed E-state index contributed by atoms with van der Waals surface area (Å²) in [6.07, 6.45) is 0. The third-order valence-electron chi connectivity index (χ3n) is 2.53. The predicted molar refractivity (Wildman–Crippen MR) is 83.0 cm³/mol. The lowest BCUT2D eigenvalue weighted by atomic mass is 10.2. The third kappa shape index (κ3) is 3.98. The number of anilines is 2. The van der Waals surface area contributed by atoms with Gasteiger partial charge in [0.1, 0.15) is 0 Å². The normalized spacial score (nSPS) is 10.1. The first-order valence-electron chi connectivity index (χ1n) is 5.64. The van der Waals surface area contributed by atoms with Crippen molar-refractivity contribution in [3.8, 4) is 0 Å². The number of amides is 2. The van der Waals surface area contributed by atoms with Crippen LogP contribution in [0.25, 0.3) is 0 Å². The van der Waals surface area contributed by atoms with Crippen LogP contribution in [0.15, 0.2) is 46.9 Å². The lowest BCUT2D eigenvalue weighted by Crippen LogP contribution is -2.19. The molecule has 0 bridgehead atoms. The Morgan fingerprint density at radius 1 is 1.05 bits per heavy atom. The minimum atomic E-state index is -0.293. The summed E-state index contributed by atoms with van der Waals surface area (Å²) in [7, 11) is 0. The van der Waals surface area contributed by atoms with Crippen LogP contribution in [0, 0.1) is 6.92 Å². The van der Waals surface area contributed by atoms with Crippen LogP contribution < -0.4 is 10.6 Å². The lowest BCUT2D eigenvalue weighted by molar-refractivity contribution is 0.262. The second-order valence-electron chi connectivity index (χ2n) is 4.05. The van der Waals surface area contributed by atoms with Gasteiger partial charge in [0.05, 0.1) is 0 Å². The topological polar surface area (TPSA) is 41.1 Å². The van der Waals surface area contributed by atoms with Crippen molar-refractivity contribution in [1.29, 1.82) is 0 Å². The van der Waals surface area contributed by atoms with Crippen LogP contribution in [-0.4, -0.2) is 6.03 Å². The first-order valence-corrected chi connectivity index (χ1v) is 6.81. The Hall–Kier alpha value is -1.52. The van der Waals surface area contributed by atoms with E-state index in [1.165, 1.54) is 0 Å². The molecule has 0 heterocycles. The van der Waals surface area contributed by atoms with Crippen molar-refractivity contribution in [2.75, 3.05) is 10.6 Å². The number of hydrogen-bond acceptors (Lipinski definition) is 1. The van der Waals surface area contributed by atoms with Gasteiger partial charge in [-0.1, -0.05) is 33.6 Å². The number of carbonyl (C=O) groups is 1. The zero-order valence-electron chi connectivity index (χ0n) is 10.2. The van der Waals surface area contributed by atoms with Gasteiger partial charge in [-0.15, -0.1) is 0 Å². The molecule has 2 aromatic carbocycles. The standard InChI is InChI=1S/C14H12BrClN2O/c1-9-2-5-12(8-13(9)15)18-14(19)17-11-6-3-10(16)4-7-11/h2-8H,1H3,(H2,17,18,19). The largest absolute Gasteiger partial charge is 0.323 e. The highest BCUT2D eigenvalue weighted by Crippen LogP contribution is 2.21. The maximum atomic E-state index is 11.8. The van der Waals surface area contributed by atoms with Crippen LogP contribution in [0.2, 0.25) is 5.02 Å². The van der Waals surface area contributed by atoms with Crippen LogP contribution in [0.5, 0.6) is 0 Å². The van der Waals surface area contributed by atoms with Gasteiger partial charge < -0.3 is 10.6 Å². The summed E-state index contributed by atoms with van der Waals surface area (Å²) in [5.74, 6) is 0. The molecule has 0 radical (unpaired) electrons. The molecular formula is C14H12BrClN2O. The molecule has 0 saturated carbocycles. The number of nitrogens with one attached hydrogen (secondary N) is 2. The maximum absolute atomic E-state index is 11.8. The van der Waals surface area contributed by atoms with Gasteiger partial charge in [0.2, 0.25) is 0 Å². The Balaban J connectivity index is 2.01. The second-order valence-corrected chi connectivity index (χ2v) is 5.34. The molecule has 3 nitrogen and oxygen atoms in total. The zero-order chi connectivity index (χ0) is 13.8. The summed E-state index contributed by atoms with van der Waals surface area (Å²) >= 11 is 9.20. The molecule has 0 atom stereocenters. The fourth-order valence-corrected chi connectivity index (χ4v) is 2.00. The van der Waals surface area contributed by atoms with Gasteiger partial charge in [-0.2, -0.15) is 0 Å². The van der Waals surface area contributed by atoms with Gasteiger partial charge >= 0.3 is 6.03 Å². The molecule has 0 aliphatic carbocycles. The van der Waals surface area contributed by atoms with Gasteiger partial charge in [0.25, 0.3) is 0 Å². The van der Waals surface area contributed by atoms with Crippen molar-refractivity contribution < 1.29 is 4.79 Å². The highest BCUT2D eigenvalue weighted by Gasteiger charge is 2.04. The molecule has 0 unspecified atom stereocenters. The van der Waals surface area contributed by atoms with Crippen molar-refractivity contribution in [3.63, 3.8) is 0 Å².